The van der Waals surface area contributed by atoms with Crippen LogP contribution in [-0.4, -0.2) is 26.8 Å². The summed E-state index contributed by atoms with van der Waals surface area (Å²) in [5, 5.41) is 15.4. The summed E-state index contributed by atoms with van der Waals surface area (Å²) >= 11 is 0. The van der Waals surface area contributed by atoms with Gasteiger partial charge in [-0.2, -0.15) is 0 Å². The maximum Gasteiger partial charge on any atom is 0.167 e. The Hall–Kier alpha value is -1.75. The number of hydrogen-bond acceptors (Lipinski definition) is 4. The number of nitrogens with one attached hydrogen (secondary N) is 1. The highest BCUT2D eigenvalue weighted by Gasteiger charge is 2.15. The first-order chi connectivity index (χ1) is 9.22. The fraction of sp³-hybridized carbons (Fsp3) is 0.500. The minimum Gasteiger partial charge on any atom is -0.308 e. The lowest BCUT2D eigenvalue weighted by Gasteiger charge is -2.15. The number of benzene rings is 1. The average molecular weight is 259 g/mol. The molecule has 0 saturated heterocycles. The van der Waals surface area contributed by atoms with Crippen LogP contribution in [0.4, 0.5) is 0 Å². The third-order valence-electron chi connectivity index (χ3n) is 3.27. The second kappa shape index (κ2) is 6.43. The molecule has 1 heterocycles. The Morgan fingerprint density at radius 2 is 1.95 bits per heavy atom. The third kappa shape index (κ3) is 3.38. The normalized spacial score (nSPS) is 14.3. The van der Waals surface area contributed by atoms with Crippen LogP contribution in [0.15, 0.2) is 30.3 Å². The molecule has 0 fully saturated rings. The molecule has 0 radical (unpaired) electrons. The monoisotopic (exact) mass is 259 g/mol. The Morgan fingerprint density at radius 1 is 1.21 bits per heavy atom. The summed E-state index contributed by atoms with van der Waals surface area (Å²) in [7, 11) is 0. The van der Waals surface area contributed by atoms with Gasteiger partial charge in [0.2, 0.25) is 0 Å². The number of rotatable bonds is 6. The zero-order valence-electron chi connectivity index (χ0n) is 11.7. The van der Waals surface area contributed by atoms with E-state index in [9.17, 15) is 0 Å². The maximum atomic E-state index is 4.12. The van der Waals surface area contributed by atoms with E-state index in [0.29, 0.717) is 5.92 Å². The summed E-state index contributed by atoms with van der Waals surface area (Å²) in [6.07, 6.45) is 0. The lowest BCUT2D eigenvalue weighted by molar-refractivity contribution is 0.467. The van der Waals surface area contributed by atoms with E-state index in [1.807, 2.05) is 10.7 Å². The van der Waals surface area contributed by atoms with Crippen molar-refractivity contribution in [2.24, 2.45) is 0 Å². The molecule has 102 valence electrons. The van der Waals surface area contributed by atoms with Gasteiger partial charge in [0.1, 0.15) is 0 Å². The first kappa shape index (κ1) is 13.7. The highest BCUT2D eigenvalue weighted by Crippen LogP contribution is 2.18. The first-order valence-electron chi connectivity index (χ1n) is 6.76. The minimum absolute atomic E-state index is 0.169. The summed E-state index contributed by atoms with van der Waals surface area (Å²) in [5.41, 5.74) is 1.31. The molecule has 0 spiro atoms. The van der Waals surface area contributed by atoms with Gasteiger partial charge in [-0.3, -0.25) is 0 Å². The molecule has 2 unspecified atom stereocenters. The van der Waals surface area contributed by atoms with Gasteiger partial charge in [-0.1, -0.05) is 44.2 Å². The Kier molecular flexibility index (Phi) is 4.63. The predicted octanol–water partition coefficient (Wildman–Crippen LogP) is 2.15. The van der Waals surface area contributed by atoms with Crippen molar-refractivity contribution in [1.82, 2.24) is 25.5 Å². The fourth-order valence-corrected chi connectivity index (χ4v) is 2.20. The van der Waals surface area contributed by atoms with Crippen LogP contribution < -0.4 is 5.32 Å². The van der Waals surface area contributed by atoms with Gasteiger partial charge >= 0.3 is 0 Å². The molecule has 2 atom stereocenters. The zero-order valence-corrected chi connectivity index (χ0v) is 11.7. The fourth-order valence-electron chi connectivity index (χ4n) is 2.20. The molecule has 5 heteroatoms. The summed E-state index contributed by atoms with van der Waals surface area (Å²) < 4.78 is 1.89. The van der Waals surface area contributed by atoms with Crippen LogP contribution in [-0.2, 0) is 6.54 Å². The topological polar surface area (TPSA) is 55.6 Å². The highest BCUT2D eigenvalue weighted by atomic mass is 15.5. The van der Waals surface area contributed by atoms with E-state index >= 15 is 0 Å². The lowest BCUT2D eigenvalue weighted by atomic mass is 10.0. The quantitative estimate of drug-likeness (QED) is 0.863. The molecule has 2 rings (SSSR count). The first-order valence-corrected chi connectivity index (χ1v) is 6.76. The van der Waals surface area contributed by atoms with Gasteiger partial charge in [-0.25, -0.2) is 4.68 Å². The van der Waals surface area contributed by atoms with E-state index in [1.54, 1.807) is 0 Å². The summed E-state index contributed by atoms with van der Waals surface area (Å²) in [6, 6.07) is 10.6. The Balaban J connectivity index is 2.09. The van der Waals surface area contributed by atoms with Crippen LogP contribution in [0.3, 0.4) is 0 Å². The zero-order chi connectivity index (χ0) is 13.7. The van der Waals surface area contributed by atoms with Crippen molar-refractivity contribution < 1.29 is 0 Å². The Morgan fingerprint density at radius 3 is 2.63 bits per heavy atom. The maximum absolute atomic E-state index is 4.12. The van der Waals surface area contributed by atoms with Gasteiger partial charge in [-0.15, -0.1) is 5.10 Å². The van der Waals surface area contributed by atoms with Gasteiger partial charge in [-0.05, 0) is 29.5 Å². The molecule has 0 saturated carbocycles. The van der Waals surface area contributed by atoms with E-state index in [2.05, 4.69) is 65.9 Å². The minimum atomic E-state index is 0.169. The van der Waals surface area contributed by atoms with Crippen molar-refractivity contribution in [3.8, 4) is 0 Å². The van der Waals surface area contributed by atoms with Crippen molar-refractivity contribution in [3.05, 3.63) is 41.7 Å². The number of aromatic nitrogens is 4. The van der Waals surface area contributed by atoms with E-state index < -0.39 is 0 Å². The van der Waals surface area contributed by atoms with Crippen LogP contribution >= 0.6 is 0 Å². The second-order valence-electron chi connectivity index (χ2n) is 4.81. The summed E-state index contributed by atoms with van der Waals surface area (Å²) in [6.45, 7) is 8.05. The SMILES string of the molecule is CCNC(C)c1nnnn1CC(C)c1ccccc1. The molecule has 1 aromatic heterocycles. The molecule has 2 aromatic rings. The Labute approximate surface area is 114 Å². The van der Waals surface area contributed by atoms with Gasteiger partial charge in [0.15, 0.2) is 5.82 Å². The largest absolute Gasteiger partial charge is 0.308 e. The van der Waals surface area contributed by atoms with Gasteiger partial charge in [0.05, 0.1) is 12.6 Å². The smallest absolute Gasteiger partial charge is 0.167 e. The van der Waals surface area contributed by atoms with Crippen LogP contribution in [0.1, 0.15) is 44.1 Å². The third-order valence-corrected chi connectivity index (χ3v) is 3.27. The van der Waals surface area contributed by atoms with Crippen molar-refractivity contribution in [2.45, 2.75) is 39.3 Å². The predicted molar refractivity (Wildman–Crippen MR) is 74.8 cm³/mol. The van der Waals surface area contributed by atoms with Crippen LogP contribution in [0.5, 0.6) is 0 Å². The molecule has 1 aromatic carbocycles. The van der Waals surface area contributed by atoms with Crippen molar-refractivity contribution in [1.29, 1.82) is 0 Å². The number of nitrogens with zero attached hydrogens (tertiary/aromatic N) is 4. The molecule has 1 N–H and O–H groups in total. The molecular formula is C14H21N5. The molecule has 5 nitrogen and oxygen atoms in total. The summed E-state index contributed by atoms with van der Waals surface area (Å²) in [4.78, 5) is 0. The number of hydrogen-bond donors (Lipinski definition) is 1. The van der Waals surface area contributed by atoms with Crippen molar-refractivity contribution in [2.75, 3.05) is 6.54 Å². The molecule has 0 amide bonds. The van der Waals surface area contributed by atoms with Crippen molar-refractivity contribution in [3.63, 3.8) is 0 Å². The molecular weight excluding hydrogens is 238 g/mol. The summed E-state index contributed by atoms with van der Waals surface area (Å²) in [5.74, 6) is 1.28. The molecule has 0 aliphatic rings. The van der Waals surface area contributed by atoms with E-state index in [1.165, 1.54) is 5.56 Å². The van der Waals surface area contributed by atoms with Gasteiger partial charge in [0, 0.05) is 5.92 Å². The highest BCUT2D eigenvalue weighted by molar-refractivity contribution is 5.18. The second-order valence-corrected chi connectivity index (χ2v) is 4.81. The Bertz CT molecular complexity index is 494. The van der Waals surface area contributed by atoms with Crippen LogP contribution in [0.2, 0.25) is 0 Å². The van der Waals surface area contributed by atoms with E-state index in [4.69, 9.17) is 0 Å². The van der Waals surface area contributed by atoms with Crippen molar-refractivity contribution >= 4 is 0 Å². The molecule has 0 aliphatic heterocycles. The molecule has 0 aliphatic carbocycles. The lowest BCUT2D eigenvalue weighted by Crippen LogP contribution is -2.23. The van der Waals surface area contributed by atoms with Gasteiger partial charge < -0.3 is 5.32 Å². The van der Waals surface area contributed by atoms with Gasteiger partial charge in [0.25, 0.3) is 0 Å². The standard InChI is InChI=1S/C14H21N5/c1-4-15-12(3)14-16-17-18-19(14)10-11(2)13-8-6-5-7-9-13/h5-9,11-12,15H,4,10H2,1-3H3. The van der Waals surface area contributed by atoms with E-state index in [-0.39, 0.29) is 6.04 Å². The number of tetrazole rings is 1. The molecule has 19 heavy (non-hydrogen) atoms. The van der Waals surface area contributed by atoms with Crippen LogP contribution in [0, 0.1) is 0 Å². The average Bonchev–Trinajstić information content (AvgIpc) is 2.88. The van der Waals surface area contributed by atoms with Crippen LogP contribution in [0.25, 0.3) is 0 Å². The molecule has 0 bridgehead atoms. The van der Waals surface area contributed by atoms with E-state index in [0.717, 1.165) is 18.9 Å².